The van der Waals surface area contributed by atoms with E-state index in [9.17, 15) is 31.9 Å². The lowest BCUT2D eigenvalue weighted by molar-refractivity contribution is -0.273. The molecule has 0 aromatic rings. The van der Waals surface area contributed by atoms with Crippen molar-refractivity contribution in [1.29, 1.82) is 0 Å². The van der Waals surface area contributed by atoms with Gasteiger partial charge in [0.15, 0.2) is 5.73 Å². The Morgan fingerprint density at radius 2 is 1.30 bits per heavy atom. The summed E-state index contributed by atoms with van der Waals surface area (Å²) in [6.45, 7) is 3.78. The lowest BCUT2D eigenvalue weighted by Crippen LogP contribution is -2.60. The van der Waals surface area contributed by atoms with Crippen molar-refractivity contribution in [2.45, 2.75) is 52.4 Å². The predicted molar refractivity (Wildman–Crippen MR) is 67.2 cm³/mol. The molecule has 0 aliphatic heterocycles. The summed E-state index contributed by atoms with van der Waals surface area (Å²) in [4.78, 5) is 33.6. The first kappa shape index (κ1) is 21.3. The molecule has 0 aromatic carbocycles. The third-order valence-electron chi connectivity index (χ3n) is 2.16. The molecular formula is C11H16F4O7Si. The lowest BCUT2D eigenvalue weighted by atomic mass is 10.5. The molecule has 0 radical (unpaired) electrons. The van der Waals surface area contributed by atoms with E-state index in [0.29, 0.717) is 0 Å². The second-order valence-electron chi connectivity index (χ2n) is 4.28. The van der Waals surface area contributed by atoms with Crippen LogP contribution in [0.4, 0.5) is 17.6 Å². The van der Waals surface area contributed by atoms with Gasteiger partial charge in [-0.1, -0.05) is 6.92 Å². The molecule has 7 nitrogen and oxygen atoms in total. The molecule has 0 spiro atoms. The Kier molecular flexibility index (Phi) is 7.63. The van der Waals surface area contributed by atoms with Gasteiger partial charge in [0.1, 0.15) is 0 Å². The first-order valence-electron chi connectivity index (χ1n) is 6.29. The van der Waals surface area contributed by atoms with Crippen LogP contribution in [0.15, 0.2) is 0 Å². The van der Waals surface area contributed by atoms with Gasteiger partial charge in [-0.2, -0.15) is 13.2 Å². The van der Waals surface area contributed by atoms with E-state index in [0.717, 1.165) is 20.8 Å². The number of alkyl halides is 4. The third-order valence-corrected chi connectivity index (χ3v) is 5.21. The van der Waals surface area contributed by atoms with E-state index < -0.39 is 51.4 Å². The number of carbonyl (C=O) groups excluding carboxylic acids is 3. The van der Waals surface area contributed by atoms with E-state index in [2.05, 4.69) is 18.0 Å². The monoisotopic (exact) mass is 364 g/mol. The van der Waals surface area contributed by atoms with Crippen molar-refractivity contribution in [2.75, 3.05) is 0 Å². The van der Waals surface area contributed by atoms with Crippen LogP contribution in [0.3, 0.4) is 0 Å². The molecule has 0 aromatic heterocycles. The van der Waals surface area contributed by atoms with Crippen LogP contribution in [0.2, 0.25) is 0 Å². The van der Waals surface area contributed by atoms with Crippen LogP contribution in [-0.4, -0.2) is 45.0 Å². The zero-order valence-corrected chi connectivity index (χ0v) is 13.7. The summed E-state index contributed by atoms with van der Waals surface area (Å²) in [5, 5.41) is 0. The van der Waals surface area contributed by atoms with E-state index in [1.54, 1.807) is 0 Å². The smallest absolute Gasteiger partial charge is 0.454 e. The number of rotatable bonds is 7. The average Bonchev–Trinajstić information content (AvgIpc) is 2.31. The van der Waals surface area contributed by atoms with Gasteiger partial charge in [-0.05, 0) is 6.42 Å². The van der Waals surface area contributed by atoms with Gasteiger partial charge in [0.05, 0.1) is 0 Å². The average molecular weight is 364 g/mol. The Morgan fingerprint density at radius 3 is 1.52 bits per heavy atom. The fourth-order valence-electron chi connectivity index (χ4n) is 1.51. The summed E-state index contributed by atoms with van der Waals surface area (Å²) in [5.41, 5.74) is -1.92. The first-order chi connectivity index (χ1) is 10.3. The zero-order valence-electron chi connectivity index (χ0n) is 12.7. The van der Waals surface area contributed by atoms with Gasteiger partial charge in [0, 0.05) is 20.8 Å². The minimum absolute atomic E-state index is 0.392. The molecule has 0 rings (SSSR count). The van der Waals surface area contributed by atoms with Gasteiger partial charge in [-0.15, -0.1) is 0 Å². The van der Waals surface area contributed by atoms with E-state index in [4.69, 9.17) is 0 Å². The topological polar surface area (TPSA) is 88.1 Å². The van der Waals surface area contributed by atoms with Crippen molar-refractivity contribution < 1.29 is 50.0 Å². The summed E-state index contributed by atoms with van der Waals surface area (Å²) in [5.74, 6) is -3.32. The predicted octanol–water partition coefficient (Wildman–Crippen LogP) is 1.81. The summed E-state index contributed by atoms with van der Waals surface area (Å²) in [6, 6.07) is 0. The van der Waals surface area contributed by atoms with Gasteiger partial charge >= 0.3 is 15.0 Å². The van der Waals surface area contributed by atoms with E-state index >= 15 is 0 Å². The van der Waals surface area contributed by atoms with Gasteiger partial charge in [0.2, 0.25) is 0 Å². The van der Waals surface area contributed by atoms with Crippen molar-refractivity contribution >= 4 is 26.7 Å². The van der Waals surface area contributed by atoms with Gasteiger partial charge < -0.3 is 18.0 Å². The number of hydrogen-bond acceptors (Lipinski definition) is 7. The van der Waals surface area contributed by atoms with E-state index in [1.807, 2.05) is 0 Å². The van der Waals surface area contributed by atoms with Crippen molar-refractivity contribution in [2.24, 2.45) is 0 Å². The van der Waals surface area contributed by atoms with Gasteiger partial charge in [-0.3, -0.25) is 14.4 Å². The Labute approximate surface area is 130 Å². The Morgan fingerprint density at radius 1 is 0.957 bits per heavy atom. The van der Waals surface area contributed by atoms with Crippen LogP contribution in [0.5, 0.6) is 0 Å². The molecule has 0 saturated carbocycles. The van der Waals surface area contributed by atoms with Crippen LogP contribution in [-0.2, 0) is 32.4 Å². The highest BCUT2D eigenvalue weighted by Crippen LogP contribution is 2.29. The van der Waals surface area contributed by atoms with Gasteiger partial charge in [-0.25, -0.2) is 4.39 Å². The molecule has 134 valence electrons. The number of halogens is 4. The summed E-state index contributed by atoms with van der Waals surface area (Å²) in [6.07, 6.45) is -9.51. The minimum Gasteiger partial charge on any atom is -0.454 e. The number of hydrogen-bond donors (Lipinski definition) is 0. The van der Waals surface area contributed by atoms with Crippen LogP contribution < -0.4 is 0 Å². The molecule has 23 heavy (non-hydrogen) atoms. The van der Waals surface area contributed by atoms with Gasteiger partial charge in [0.25, 0.3) is 24.3 Å². The summed E-state index contributed by atoms with van der Waals surface area (Å²) < 4.78 is 68.3. The van der Waals surface area contributed by atoms with Crippen LogP contribution in [0.1, 0.15) is 34.1 Å². The molecule has 0 saturated heterocycles. The van der Waals surface area contributed by atoms with Crippen molar-refractivity contribution in [3.05, 3.63) is 0 Å². The van der Waals surface area contributed by atoms with E-state index in [-0.39, 0.29) is 0 Å². The number of ether oxygens (including phenoxy) is 1. The van der Waals surface area contributed by atoms with Crippen molar-refractivity contribution in [3.63, 3.8) is 0 Å². The maximum atomic E-state index is 13.1. The molecule has 0 heterocycles. The Hall–Kier alpha value is -1.69. The minimum atomic E-state index is -5.36. The van der Waals surface area contributed by atoms with Crippen LogP contribution in [0, 0.1) is 0 Å². The maximum absolute atomic E-state index is 13.1. The second-order valence-corrected chi connectivity index (χ2v) is 6.74. The van der Waals surface area contributed by atoms with Crippen molar-refractivity contribution in [1.82, 2.24) is 0 Å². The van der Waals surface area contributed by atoms with Crippen molar-refractivity contribution in [3.8, 4) is 0 Å². The molecular weight excluding hydrogens is 348 g/mol. The third kappa shape index (κ3) is 6.94. The molecule has 0 amide bonds. The molecule has 0 fully saturated rings. The highest BCUT2D eigenvalue weighted by Gasteiger charge is 2.62. The van der Waals surface area contributed by atoms with Crippen LogP contribution in [0.25, 0.3) is 0 Å². The van der Waals surface area contributed by atoms with E-state index in [1.165, 1.54) is 6.92 Å². The lowest BCUT2D eigenvalue weighted by Gasteiger charge is -2.32. The fourth-order valence-corrected chi connectivity index (χ4v) is 4.02. The largest absolute Gasteiger partial charge is 0.736 e. The molecule has 2 atom stereocenters. The molecule has 2 unspecified atom stereocenters. The maximum Gasteiger partial charge on any atom is 0.736 e. The summed E-state index contributed by atoms with van der Waals surface area (Å²) >= 11 is 0. The normalized spacial score (nSPS) is 14.6. The zero-order chi connectivity index (χ0) is 18.4. The van der Waals surface area contributed by atoms with Crippen LogP contribution >= 0.6 is 0 Å². The quantitative estimate of drug-likeness (QED) is 0.503. The fraction of sp³-hybridized carbons (Fsp3) is 0.727. The molecule has 0 aliphatic rings. The Bertz CT molecular complexity index is 413. The molecule has 0 bridgehead atoms. The highest BCUT2D eigenvalue weighted by molar-refractivity contribution is 6.66. The molecule has 0 aliphatic carbocycles. The molecule has 0 N–H and O–H groups in total. The second kappa shape index (κ2) is 8.24. The molecule has 12 heteroatoms. The highest BCUT2D eigenvalue weighted by atomic mass is 28.4. The summed E-state index contributed by atoms with van der Waals surface area (Å²) in [7, 11) is -4.77. The first-order valence-corrected chi connectivity index (χ1v) is 8.09. The Balaban J connectivity index is 5.75. The number of carbonyl (C=O) groups is 3. The standard InChI is InChI=1S/C11H16F4O7Si/c1-5-9(19-10(12)11(13,14)15)23(20-6(2)16,21-7(3)17)22-8(4)18/h9-10H,5H2,1-4H3. The SMILES string of the molecule is CCC(OC(F)C(F)(F)F)[Si](OC(C)=O)(OC(C)=O)OC(C)=O.